The third-order valence-electron chi connectivity index (χ3n) is 3.26. The number of rotatable bonds is 5. The van der Waals surface area contributed by atoms with Crippen molar-refractivity contribution in [2.45, 2.75) is 12.8 Å². The standard InChI is InChI=1S/C13H17FN2O2/c1-15-8-13(5-6-13)12(17)16-10-7-9(14)3-4-11(10)18-2/h3-4,7,15H,5-6,8H2,1-2H3,(H,16,17). The molecule has 1 aliphatic rings. The van der Waals surface area contributed by atoms with Crippen molar-refractivity contribution in [3.05, 3.63) is 24.0 Å². The highest BCUT2D eigenvalue weighted by Gasteiger charge is 2.49. The summed E-state index contributed by atoms with van der Waals surface area (Å²) in [4.78, 5) is 12.1. The van der Waals surface area contributed by atoms with E-state index in [0.717, 1.165) is 12.8 Å². The number of halogens is 1. The lowest BCUT2D eigenvalue weighted by molar-refractivity contribution is -0.121. The third-order valence-corrected chi connectivity index (χ3v) is 3.26. The van der Waals surface area contributed by atoms with Crippen LogP contribution in [-0.2, 0) is 4.79 Å². The van der Waals surface area contributed by atoms with Crippen LogP contribution in [0.15, 0.2) is 18.2 Å². The molecule has 1 aromatic carbocycles. The number of carbonyl (C=O) groups is 1. The predicted octanol–water partition coefficient (Wildman–Crippen LogP) is 1.77. The fourth-order valence-electron chi connectivity index (χ4n) is 2.01. The minimum atomic E-state index is -0.399. The van der Waals surface area contributed by atoms with Crippen LogP contribution in [0.1, 0.15) is 12.8 Å². The van der Waals surface area contributed by atoms with E-state index in [1.807, 2.05) is 7.05 Å². The molecule has 0 atom stereocenters. The van der Waals surface area contributed by atoms with E-state index in [2.05, 4.69) is 10.6 Å². The average molecular weight is 252 g/mol. The summed E-state index contributed by atoms with van der Waals surface area (Å²) in [5.41, 5.74) is 0.0383. The molecule has 5 heteroatoms. The van der Waals surface area contributed by atoms with Gasteiger partial charge in [0, 0.05) is 12.6 Å². The van der Waals surface area contributed by atoms with Crippen molar-refractivity contribution < 1.29 is 13.9 Å². The zero-order valence-electron chi connectivity index (χ0n) is 10.5. The second-order valence-electron chi connectivity index (χ2n) is 4.61. The molecule has 2 rings (SSSR count). The normalized spacial score (nSPS) is 16.2. The molecule has 0 bridgehead atoms. The Bertz CT molecular complexity index is 458. The van der Waals surface area contributed by atoms with Crippen LogP contribution in [0.3, 0.4) is 0 Å². The van der Waals surface area contributed by atoms with Gasteiger partial charge in [-0.15, -0.1) is 0 Å². The monoisotopic (exact) mass is 252 g/mol. The zero-order valence-corrected chi connectivity index (χ0v) is 10.5. The Labute approximate surface area is 106 Å². The number of anilines is 1. The molecule has 2 N–H and O–H groups in total. The summed E-state index contributed by atoms with van der Waals surface area (Å²) < 4.78 is 18.3. The van der Waals surface area contributed by atoms with Crippen LogP contribution in [0, 0.1) is 11.2 Å². The number of benzene rings is 1. The highest BCUT2D eigenvalue weighted by Crippen LogP contribution is 2.46. The Morgan fingerprint density at radius 2 is 2.22 bits per heavy atom. The van der Waals surface area contributed by atoms with Crippen molar-refractivity contribution in [1.82, 2.24) is 5.32 Å². The number of nitrogens with one attached hydrogen (secondary N) is 2. The van der Waals surface area contributed by atoms with Crippen LogP contribution >= 0.6 is 0 Å². The summed E-state index contributed by atoms with van der Waals surface area (Å²) in [6, 6.07) is 4.07. The first-order valence-corrected chi connectivity index (χ1v) is 5.91. The topological polar surface area (TPSA) is 50.4 Å². The van der Waals surface area contributed by atoms with Crippen LogP contribution < -0.4 is 15.4 Å². The van der Waals surface area contributed by atoms with E-state index in [9.17, 15) is 9.18 Å². The molecule has 0 aromatic heterocycles. The molecule has 0 saturated heterocycles. The van der Waals surface area contributed by atoms with Gasteiger partial charge in [0.2, 0.25) is 5.91 Å². The molecule has 0 heterocycles. The first-order valence-electron chi connectivity index (χ1n) is 5.91. The molecule has 0 unspecified atom stereocenters. The molecule has 0 spiro atoms. The largest absolute Gasteiger partial charge is 0.495 e. The van der Waals surface area contributed by atoms with E-state index < -0.39 is 5.82 Å². The molecule has 1 aliphatic carbocycles. The van der Waals surface area contributed by atoms with Crippen molar-refractivity contribution in [2.24, 2.45) is 5.41 Å². The maximum absolute atomic E-state index is 13.2. The molecular formula is C13H17FN2O2. The number of amides is 1. The van der Waals surface area contributed by atoms with E-state index in [0.29, 0.717) is 18.0 Å². The Morgan fingerprint density at radius 3 is 2.78 bits per heavy atom. The van der Waals surface area contributed by atoms with Crippen molar-refractivity contribution >= 4 is 11.6 Å². The zero-order chi connectivity index (χ0) is 13.2. The Kier molecular flexibility index (Phi) is 3.52. The van der Waals surface area contributed by atoms with E-state index >= 15 is 0 Å². The van der Waals surface area contributed by atoms with Crippen LogP contribution in [0.4, 0.5) is 10.1 Å². The molecule has 1 saturated carbocycles. The first-order chi connectivity index (χ1) is 8.61. The average Bonchev–Trinajstić information content (AvgIpc) is 3.11. The quantitative estimate of drug-likeness (QED) is 0.839. The van der Waals surface area contributed by atoms with Gasteiger partial charge in [0.05, 0.1) is 18.2 Å². The number of hydrogen-bond donors (Lipinski definition) is 2. The van der Waals surface area contributed by atoms with E-state index in [4.69, 9.17) is 4.74 Å². The highest BCUT2D eigenvalue weighted by atomic mass is 19.1. The number of methoxy groups -OCH3 is 1. The van der Waals surface area contributed by atoms with Gasteiger partial charge in [0.15, 0.2) is 0 Å². The molecule has 1 aromatic rings. The Balaban J connectivity index is 2.14. The predicted molar refractivity (Wildman–Crippen MR) is 67.2 cm³/mol. The number of hydrogen-bond acceptors (Lipinski definition) is 3. The lowest BCUT2D eigenvalue weighted by atomic mass is 10.1. The summed E-state index contributed by atoms with van der Waals surface area (Å²) in [6.07, 6.45) is 1.72. The molecule has 4 nitrogen and oxygen atoms in total. The molecule has 0 radical (unpaired) electrons. The molecule has 1 amide bonds. The summed E-state index contributed by atoms with van der Waals surface area (Å²) in [7, 11) is 3.31. The van der Waals surface area contributed by atoms with Gasteiger partial charge in [-0.1, -0.05) is 0 Å². The summed E-state index contributed by atoms with van der Waals surface area (Å²) >= 11 is 0. The molecule has 0 aliphatic heterocycles. The highest BCUT2D eigenvalue weighted by molar-refractivity contribution is 5.98. The maximum atomic E-state index is 13.2. The van der Waals surface area contributed by atoms with Gasteiger partial charge in [-0.3, -0.25) is 4.79 Å². The SMILES string of the molecule is CNCC1(C(=O)Nc2cc(F)ccc2OC)CC1. The summed E-state index contributed by atoms with van der Waals surface area (Å²) in [5.74, 6) is -0.0182. The van der Waals surface area contributed by atoms with E-state index in [-0.39, 0.29) is 11.3 Å². The van der Waals surface area contributed by atoms with Crippen molar-refractivity contribution in [3.63, 3.8) is 0 Å². The van der Waals surface area contributed by atoms with Gasteiger partial charge in [-0.05, 0) is 32.0 Å². The van der Waals surface area contributed by atoms with Gasteiger partial charge in [-0.25, -0.2) is 4.39 Å². The fourth-order valence-corrected chi connectivity index (χ4v) is 2.01. The van der Waals surface area contributed by atoms with E-state index in [1.54, 1.807) is 0 Å². The van der Waals surface area contributed by atoms with Gasteiger partial charge in [0.1, 0.15) is 11.6 Å². The first kappa shape index (κ1) is 12.8. The fraction of sp³-hybridized carbons (Fsp3) is 0.462. The second-order valence-corrected chi connectivity index (χ2v) is 4.61. The summed E-state index contributed by atoms with van der Waals surface area (Å²) in [6.45, 7) is 0.635. The molecule has 98 valence electrons. The number of ether oxygens (including phenoxy) is 1. The van der Waals surface area contributed by atoms with Crippen molar-refractivity contribution in [2.75, 3.05) is 26.0 Å². The van der Waals surface area contributed by atoms with Gasteiger partial charge < -0.3 is 15.4 Å². The maximum Gasteiger partial charge on any atom is 0.231 e. The minimum absolute atomic E-state index is 0.0826. The summed E-state index contributed by atoms with van der Waals surface area (Å²) in [5, 5.41) is 5.76. The van der Waals surface area contributed by atoms with Crippen molar-refractivity contribution in [3.8, 4) is 5.75 Å². The lowest BCUT2D eigenvalue weighted by Gasteiger charge is -2.16. The Morgan fingerprint density at radius 1 is 1.50 bits per heavy atom. The molecular weight excluding hydrogens is 235 g/mol. The van der Waals surface area contributed by atoms with Gasteiger partial charge in [-0.2, -0.15) is 0 Å². The van der Waals surface area contributed by atoms with Gasteiger partial charge in [0.25, 0.3) is 0 Å². The van der Waals surface area contributed by atoms with Gasteiger partial charge >= 0.3 is 0 Å². The van der Waals surface area contributed by atoms with Crippen LogP contribution in [0.25, 0.3) is 0 Å². The molecule has 1 fully saturated rings. The van der Waals surface area contributed by atoms with Crippen molar-refractivity contribution in [1.29, 1.82) is 0 Å². The number of carbonyl (C=O) groups excluding carboxylic acids is 1. The third kappa shape index (κ3) is 2.46. The minimum Gasteiger partial charge on any atom is -0.495 e. The van der Waals surface area contributed by atoms with Crippen LogP contribution in [0.2, 0.25) is 0 Å². The van der Waals surface area contributed by atoms with Crippen LogP contribution in [-0.4, -0.2) is 26.6 Å². The second kappa shape index (κ2) is 4.94. The molecule has 18 heavy (non-hydrogen) atoms. The smallest absolute Gasteiger partial charge is 0.231 e. The van der Waals surface area contributed by atoms with E-state index in [1.165, 1.54) is 25.3 Å². The van der Waals surface area contributed by atoms with Crippen LogP contribution in [0.5, 0.6) is 5.75 Å². The lowest BCUT2D eigenvalue weighted by Crippen LogP contribution is -2.32. The Hall–Kier alpha value is -1.62.